The van der Waals surface area contributed by atoms with Gasteiger partial charge in [0.2, 0.25) is 16.0 Å². The van der Waals surface area contributed by atoms with Crippen molar-refractivity contribution in [2.75, 3.05) is 18.4 Å². The first-order chi connectivity index (χ1) is 14.5. The second kappa shape index (κ2) is 8.56. The van der Waals surface area contributed by atoms with Crippen molar-refractivity contribution in [2.45, 2.75) is 11.3 Å². The van der Waals surface area contributed by atoms with Crippen molar-refractivity contribution in [1.29, 1.82) is 0 Å². The summed E-state index contributed by atoms with van der Waals surface area (Å²) in [5.74, 6) is 0.633. The summed E-state index contributed by atoms with van der Waals surface area (Å²) in [5.41, 5.74) is 0.803. The van der Waals surface area contributed by atoms with E-state index in [4.69, 9.17) is 0 Å². The molecule has 0 saturated heterocycles. The number of halogens is 1. The van der Waals surface area contributed by atoms with Crippen LogP contribution in [0.5, 0.6) is 0 Å². The van der Waals surface area contributed by atoms with Gasteiger partial charge in [0.1, 0.15) is 17.3 Å². The molecule has 0 aliphatic rings. The molecule has 3 heterocycles. The van der Waals surface area contributed by atoms with E-state index in [9.17, 15) is 12.8 Å². The highest BCUT2D eigenvalue weighted by molar-refractivity contribution is 7.89. The van der Waals surface area contributed by atoms with Crippen molar-refractivity contribution in [3.8, 4) is 5.82 Å². The fraction of sp³-hybridized carbons (Fsp3) is 0.150. The average molecular weight is 426 g/mol. The number of sulfonamides is 1. The molecule has 0 unspecified atom stereocenters. The third kappa shape index (κ3) is 4.44. The Morgan fingerprint density at radius 2 is 1.80 bits per heavy atom. The first-order valence-electron chi connectivity index (χ1n) is 9.27. The van der Waals surface area contributed by atoms with E-state index < -0.39 is 15.8 Å². The first kappa shape index (κ1) is 19.9. The molecule has 30 heavy (non-hydrogen) atoms. The van der Waals surface area contributed by atoms with Crippen LogP contribution in [-0.4, -0.2) is 41.0 Å². The Morgan fingerprint density at radius 3 is 2.63 bits per heavy atom. The lowest BCUT2D eigenvalue weighted by Crippen LogP contribution is -2.26. The second-order valence-electron chi connectivity index (χ2n) is 6.47. The predicted octanol–water partition coefficient (Wildman–Crippen LogP) is 2.74. The quantitative estimate of drug-likeness (QED) is 0.420. The Balaban J connectivity index is 1.33. The molecule has 4 aromatic rings. The number of rotatable bonds is 8. The fourth-order valence-corrected chi connectivity index (χ4v) is 3.99. The van der Waals surface area contributed by atoms with Gasteiger partial charge < -0.3 is 5.32 Å². The minimum absolute atomic E-state index is 0.0282. The van der Waals surface area contributed by atoms with Crippen LogP contribution < -0.4 is 10.0 Å². The highest BCUT2D eigenvalue weighted by Crippen LogP contribution is 2.17. The number of benzene rings is 1. The molecule has 1 aromatic carbocycles. The van der Waals surface area contributed by atoms with Crippen LogP contribution in [0.25, 0.3) is 16.9 Å². The summed E-state index contributed by atoms with van der Waals surface area (Å²) < 4.78 is 41.7. The molecule has 3 aromatic heterocycles. The summed E-state index contributed by atoms with van der Waals surface area (Å²) >= 11 is 0. The van der Waals surface area contributed by atoms with Crippen molar-refractivity contribution in [3.05, 3.63) is 72.9 Å². The van der Waals surface area contributed by atoms with Crippen molar-refractivity contribution in [1.82, 2.24) is 24.2 Å². The zero-order valence-corrected chi connectivity index (χ0v) is 16.7. The van der Waals surface area contributed by atoms with E-state index in [1.807, 2.05) is 29.0 Å². The molecule has 0 amide bonds. The van der Waals surface area contributed by atoms with Gasteiger partial charge in [-0.3, -0.25) is 4.57 Å². The van der Waals surface area contributed by atoms with Crippen LogP contribution in [0.3, 0.4) is 0 Å². The number of nitrogens with zero attached hydrogens (tertiary/aromatic N) is 4. The van der Waals surface area contributed by atoms with Crippen LogP contribution in [0.15, 0.2) is 72.0 Å². The summed E-state index contributed by atoms with van der Waals surface area (Å²) in [4.78, 5) is 13.1. The fourth-order valence-electron chi connectivity index (χ4n) is 2.91. The van der Waals surface area contributed by atoms with Gasteiger partial charge >= 0.3 is 0 Å². The average Bonchev–Trinajstić information content (AvgIpc) is 3.18. The first-order valence-corrected chi connectivity index (χ1v) is 10.8. The van der Waals surface area contributed by atoms with Gasteiger partial charge in [0, 0.05) is 37.1 Å². The van der Waals surface area contributed by atoms with Gasteiger partial charge in [0.05, 0.1) is 4.90 Å². The third-order valence-electron chi connectivity index (χ3n) is 4.39. The predicted molar refractivity (Wildman–Crippen MR) is 111 cm³/mol. The van der Waals surface area contributed by atoms with Crippen molar-refractivity contribution in [2.24, 2.45) is 0 Å². The number of fused-ring (bicyclic) bond motifs is 1. The minimum Gasteiger partial charge on any atom is -0.354 e. The molecule has 0 aliphatic carbocycles. The molecule has 0 fully saturated rings. The van der Waals surface area contributed by atoms with Crippen LogP contribution in [0.4, 0.5) is 10.3 Å². The highest BCUT2D eigenvalue weighted by atomic mass is 32.2. The Bertz CT molecular complexity index is 1260. The van der Waals surface area contributed by atoms with Gasteiger partial charge in [-0.2, -0.15) is 4.98 Å². The summed E-state index contributed by atoms with van der Waals surface area (Å²) in [6.45, 7) is 0.693. The Labute approximate surface area is 172 Å². The third-order valence-corrected chi connectivity index (χ3v) is 5.87. The monoisotopic (exact) mass is 426 g/mol. The SMILES string of the molecule is O=S(=O)(NCCCNc1nccc(-n2ccc3cccnc32)n1)c1ccc(F)cc1. The number of anilines is 1. The van der Waals surface area contributed by atoms with Crippen LogP contribution in [0, 0.1) is 5.82 Å². The smallest absolute Gasteiger partial charge is 0.240 e. The number of pyridine rings is 1. The molecule has 8 nitrogen and oxygen atoms in total. The normalized spacial score (nSPS) is 11.6. The van der Waals surface area contributed by atoms with Crippen LogP contribution >= 0.6 is 0 Å². The summed E-state index contributed by atoms with van der Waals surface area (Å²) in [7, 11) is -3.67. The van der Waals surface area contributed by atoms with Crippen molar-refractivity contribution in [3.63, 3.8) is 0 Å². The standard InChI is InChI=1S/C20H19FN6O2S/c21-16-4-6-17(7-5-16)30(28,29)25-12-2-11-23-20-24-13-8-18(26-20)27-14-9-15-3-1-10-22-19(15)27/h1,3-10,13-14,25H,2,11-12H2,(H,23,24,26). The molecule has 0 spiro atoms. The zero-order chi connectivity index (χ0) is 21.0. The molecular formula is C20H19FN6O2S. The zero-order valence-electron chi connectivity index (χ0n) is 15.9. The van der Waals surface area contributed by atoms with Crippen LogP contribution in [-0.2, 0) is 10.0 Å². The van der Waals surface area contributed by atoms with Gasteiger partial charge in [-0.15, -0.1) is 0 Å². The van der Waals surface area contributed by atoms with E-state index in [1.165, 1.54) is 12.1 Å². The number of hydrogen-bond donors (Lipinski definition) is 2. The molecule has 0 radical (unpaired) electrons. The second-order valence-corrected chi connectivity index (χ2v) is 8.24. The lowest BCUT2D eigenvalue weighted by atomic mass is 10.3. The molecule has 0 bridgehead atoms. The molecule has 0 atom stereocenters. The Hall–Kier alpha value is -3.37. The lowest BCUT2D eigenvalue weighted by molar-refractivity contribution is 0.579. The molecule has 4 rings (SSSR count). The van der Waals surface area contributed by atoms with Crippen LogP contribution in [0.1, 0.15) is 6.42 Å². The van der Waals surface area contributed by atoms with Crippen molar-refractivity contribution >= 4 is 27.0 Å². The van der Waals surface area contributed by atoms with E-state index in [1.54, 1.807) is 18.5 Å². The van der Waals surface area contributed by atoms with Crippen molar-refractivity contribution < 1.29 is 12.8 Å². The Kier molecular flexibility index (Phi) is 5.68. The summed E-state index contributed by atoms with van der Waals surface area (Å²) in [6.07, 6.45) is 5.79. The van der Waals surface area contributed by atoms with E-state index in [0.717, 1.165) is 23.2 Å². The van der Waals surface area contributed by atoms with E-state index in [2.05, 4.69) is 25.0 Å². The summed E-state index contributed by atoms with van der Waals surface area (Å²) in [5, 5.41) is 4.10. The number of nitrogens with one attached hydrogen (secondary N) is 2. The largest absolute Gasteiger partial charge is 0.354 e. The molecule has 0 saturated carbocycles. The minimum atomic E-state index is -3.67. The van der Waals surface area contributed by atoms with E-state index >= 15 is 0 Å². The van der Waals surface area contributed by atoms with Gasteiger partial charge in [-0.05, 0) is 55.0 Å². The molecule has 0 aliphatic heterocycles. The van der Waals surface area contributed by atoms with Gasteiger partial charge in [0.25, 0.3) is 0 Å². The highest BCUT2D eigenvalue weighted by Gasteiger charge is 2.13. The number of aromatic nitrogens is 4. The van der Waals surface area contributed by atoms with E-state index in [-0.39, 0.29) is 11.4 Å². The maximum absolute atomic E-state index is 12.9. The maximum Gasteiger partial charge on any atom is 0.240 e. The number of hydrogen-bond acceptors (Lipinski definition) is 6. The van der Waals surface area contributed by atoms with Crippen LogP contribution in [0.2, 0.25) is 0 Å². The maximum atomic E-state index is 12.9. The molecular weight excluding hydrogens is 407 g/mol. The summed E-state index contributed by atoms with van der Waals surface area (Å²) in [6, 6.07) is 12.3. The molecule has 154 valence electrons. The van der Waals surface area contributed by atoms with Gasteiger partial charge in [-0.1, -0.05) is 0 Å². The topological polar surface area (TPSA) is 102 Å². The van der Waals surface area contributed by atoms with Gasteiger partial charge in [-0.25, -0.2) is 27.5 Å². The Morgan fingerprint density at radius 1 is 0.967 bits per heavy atom. The lowest BCUT2D eigenvalue weighted by Gasteiger charge is -2.09. The molecule has 10 heteroatoms. The van der Waals surface area contributed by atoms with Gasteiger partial charge in [0.15, 0.2) is 0 Å². The van der Waals surface area contributed by atoms with E-state index in [0.29, 0.717) is 24.7 Å². The molecule has 2 N–H and O–H groups in total.